The fourth-order valence-electron chi connectivity index (χ4n) is 2.08. The first-order chi connectivity index (χ1) is 8.13. The summed E-state index contributed by atoms with van der Waals surface area (Å²) < 4.78 is 18.5. The number of methoxy groups -OCH3 is 1. The van der Waals surface area contributed by atoms with Gasteiger partial charge in [0.2, 0.25) is 6.17 Å². The van der Waals surface area contributed by atoms with Gasteiger partial charge in [0.25, 0.3) is 0 Å². The second-order valence-corrected chi connectivity index (χ2v) is 4.78. The molecule has 1 aromatic carbocycles. The van der Waals surface area contributed by atoms with Crippen LogP contribution in [0.15, 0.2) is 24.3 Å². The van der Waals surface area contributed by atoms with Gasteiger partial charge >= 0.3 is 5.97 Å². The van der Waals surface area contributed by atoms with Crippen LogP contribution in [0.5, 0.6) is 0 Å². The predicted molar refractivity (Wildman–Crippen MR) is 63.8 cm³/mol. The molecule has 0 amide bonds. The lowest BCUT2D eigenvalue weighted by Crippen LogP contribution is -2.26. The molecule has 2 rings (SSSR count). The van der Waals surface area contributed by atoms with Crippen LogP contribution in [0.25, 0.3) is 0 Å². The summed E-state index contributed by atoms with van der Waals surface area (Å²) in [7, 11) is 1.21. The van der Waals surface area contributed by atoms with Gasteiger partial charge in [-0.3, -0.25) is 0 Å². The number of hydrogen-bond acceptors (Lipinski definition) is 2. The summed E-state index contributed by atoms with van der Waals surface area (Å²) in [5.41, 5.74) is 0.815. The molecule has 0 radical (unpaired) electrons. The molecule has 1 saturated carbocycles. The summed E-state index contributed by atoms with van der Waals surface area (Å²) >= 11 is 5.80. The Balaban J connectivity index is 2.22. The SMILES string of the molecule is COC(=O)C(F)[C@@H](c1ccc(Cl)cc1)C1CC1. The van der Waals surface area contributed by atoms with E-state index in [2.05, 4.69) is 4.74 Å². The molecule has 2 atom stereocenters. The second-order valence-electron chi connectivity index (χ2n) is 4.34. The first kappa shape index (κ1) is 12.4. The number of carbonyl (C=O) groups is 1. The van der Waals surface area contributed by atoms with Crippen molar-refractivity contribution in [2.75, 3.05) is 7.11 Å². The van der Waals surface area contributed by atoms with Gasteiger partial charge in [-0.05, 0) is 36.5 Å². The van der Waals surface area contributed by atoms with Gasteiger partial charge in [-0.15, -0.1) is 0 Å². The minimum Gasteiger partial charge on any atom is -0.467 e. The Labute approximate surface area is 105 Å². The molecule has 0 bridgehead atoms. The maximum Gasteiger partial charge on any atom is 0.341 e. The quantitative estimate of drug-likeness (QED) is 0.773. The highest BCUT2D eigenvalue weighted by Crippen LogP contribution is 2.45. The number of ether oxygens (including phenoxy) is 1. The average molecular weight is 257 g/mol. The molecule has 0 aromatic heterocycles. The van der Waals surface area contributed by atoms with E-state index in [0.717, 1.165) is 18.4 Å². The van der Waals surface area contributed by atoms with Crippen LogP contribution < -0.4 is 0 Å². The predicted octanol–water partition coefficient (Wildman–Crippen LogP) is 3.34. The number of benzene rings is 1. The molecule has 4 heteroatoms. The molecule has 1 aromatic rings. The minimum absolute atomic E-state index is 0.241. The van der Waals surface area contributed by atoms with E-state index in [1.807, 2.05) is 0 Å². The first-order valence-corrected chi connectivity index (χ1v) is 5.98. The van der Waals surface area contributed by atoms with E-state index in [4.69, 9.17) is 11.6 Å². The van der Waals surface area contributed by atoms with Crippen LogP contribution in [-0.2, 0) is 9.53 Å². The topological polar surface area (TPSA) is 26.3 Å². The Morgan fingerprint density at radius 1 is 1.41 bits per heavy atom. The normalized spacial score (nSPS) is 18.5. The Morgan fingerprint density at radius 3 is 2.47 bits per heavy atom. The van der Waals surface area contributed by atoms with Gasteiger partial charge in [0.1, 0.15) is 0 Å². The molecular weight excluding hydrogens is 243 g/mol. The highest BCUT2D eigenvalue weighted by molar-refractivity contribution is 6.30. The lowest BCUT2D eigenvalue weighted by atomic mass is 9.89. The lowest BCUT2D eigenvalue weighted by Gasteiger charge is -2.19. The van der Waals surface area contributed by atoms with Crippen molar-refractivity contribution in [2.24, 2.45) is 5.92 Å². The highest BCUT2D eigenvalue weighted by atomic mass is 35.5. The minimum atomic E-state index is -1.59. The van der Waals surface area contributed by atoms with Gasteiger partial charge in [0, 0.05) is 10.9 Å². The third kappa shape index (κ3) is 2.78. The highest BCUT2D eigenvalue weighted by Gasteiger charge is 2.41. The van der Waals surface area contributed by atoms with Gasteiger partial charge in [0.05, 0.1) is 7.11 Å². The van der Waals surface area contributed by atoms with Crippen LogP contribution in [-0.4, -0.2) is 19.3 Å². The van der Waals surface area contributed by atoms with Crippen molar-refractivity contribution in [3.8, 4) is 0 Å². The van der Waals surface area contributed by atoms with Crippen LogP contribution in [0.2, 0.25) is 5.02 Å². The summed E-state index contributed by atoms with van der Waals surface area (Å²) in [6.45, 7) is 0. The van der Waals surface area contributed by atoms with Crippen LogP contribution in [0, 0.1) is 5.92 Å². The monoisotopic (exact) mass is 256 g/mol. The van der Waals surface area contributed by atoms with E-state index in [-0.39, 0.29) is 5.92 Å². The molecule has 1 unspecified atom stereocenters. The van der Waals surface area contributed by atoms with Crippen LogP contribution in [0.4, 0.5) is 4.39 Å². The number of esters is 1. The number of halogens is 2. The van der Waals surface area contributed by atoms with E-state index < -0.39 is 18.1 Å². The fourth-order valence-corrected chi connectivity index (χ4v) is 2.21. The van der Waals surface area contributed by atoms with E-state index in [1.54, 1.807) is 24.3 Å². The standard InChI is InChI=1S/C13H14ClFO2/c1-17-13(16)12(15)11(8-2-3-8)9-4-6-10(14)7-5-9/h4-8,11-12H,2-3H2,1H3/t11-,12?/m1/s1. The second kappa shape index (κ2) is 5.05. The molecule has 0 heterocycles. The molecular formula is C13H14ClFO2. The molecule has 0 saturated heterocycles. The van der Waals surface area contributed by atoms with Crippen LogP contribution >= 0.6 is 11.6 Å². The van der Waals surface area contributed by atoms with E-state index >= 15 is 0 Å². The van der Waals surface area contributed by atoms with Gasteiger partial charge in [-0.25, -0.2) is 9.18 Å². The first-order valence-electron chi connectivity index (χ1n) is 5.61. The number of hydrogen-bond donors (Lipinski definition) is 0. The summed E-state index contributed by atoms with van der Waals surface area (Å²) in [6.07, 6.45) is 0.337. The Bertz CT molecular complexity index is 400. The van der Waals surface area contributed by atoms with Crippen molar-refractivity contribution in [1.29, 1.82) is 0 Å². The van der Waals surface area contributed by atoms with Crippen molar-refractivity contribution in [3.63, 3.8) is 0 Å². The third-order valence-electron chi connectivity index (χ3n) is 3.13. The zero-order chi connectivity index (χ0) is 12.4. The number of rotatable bonds is 4. The van der Waals surface area contributed by atoms with E-state index in [0.29, 0.717) is 5.02 Å². The van der Waals surface area contributed by atoms with Crippen molar-refractivity contribution in [3.05, 3.63) is 34.9 Å². The molecule has 1 fully saturated rings. The summed E-state index contributed by atoms with van der Waals surface area (Å²) in [6, 6.07) is 6.99. The van der Waals surface area contributed by atoms with Crippen molar-refractivity contribution >= 4 is 17.6 Å². The summed E-state index contributed by atoms with van der Waals surface area (Å²) in [5.74, 6) is -0.957. The van der Waals surface area contributed by atoms with Crippen molar-refractivity contribution < 1.29 is 13.9 Å². The molecule has 0 aliphatic heterocycles. The Morgan fingerprint density at radius 2 is 2.00 bits per heavy atom. The zero-order valence-corrected chi connectivity index (χ0v) is 10.3. The third-order valence-corrected chi connectivity index (χ3v) is 3.38. The van der Waals surface area contributed by atoms with Gasteiger partial charge in [-0.1, -0.05) is 23.7 Å². The summed E-state index contributed by atoms with van der Waals surface area (Å²) in [4.78, 5) is 11.3. The molecule has 92 valence electrons. The maximum atomic E-state index is 14.0. The molecule has 17 heavy (non-hydrogen) atoms. The lowest BCUT2D eigenvalue weighted by molar-refractivity contribution is -0.147. The fraction of sp³-hybridized carbons (Fsp3) is 0.462. The molecule has 0 N–H and O–H groups in total. The molecule has 1 aliphatic carbocycles. The van der Waals surface area contributed by atoms with E-state index in [1.165, 1.54) is 7.11 Å². The van der Waals surface area contributed by atoms with Gasteiger partial charge in [-0.2, -0.15) is 0 Å². The molecule has 1 aliphatic rings. The summed E-state index contributed by atoms with van der Waals surface area (Å²) in [5, 5.41) is 0.608. The smallest absolute Gasteiger partial charge is 0.341 e. The number of carbonyl (C=O) groups excluding carboxylic acids is 1. The van der Waals surface area contributed by atoms with Gasteiger partial charge < -0.3 is 4.74 Å². The molecule has 2 nitrogen and oxygen atoms in total. The average Bonchev–Trinajstić information content (AvgIpc) is 3.15. The maximum absolute atomic E-state index is 14.0. The van der Waals surface area contributed by atoms with Crippen LogP contribution in [0.1, 0.15) is 24.3 Å². The number of alkyl halides is 1. The Kier molecular flexibility index (Phi) is 3.67. The van der Waals surface area contributed by atoms with Crippen LogP contribution in [0.3, 0.4) is 0 Å². The zero-order valence-electron chi connectivity index (χ0n) is 9.53. The van der Waals surface area contributed by atoms with Crippen molar-refractivity contribution in [1.82, 2.24) is 0 Å². The van der Waals surface area contributed by atoms with Crippen molar-refractivity contribution in [2.45, 2.75) is 24.9 Å². The van der Waals surface area contributed by atoms with E-state index in [9.17, 15) is 9.18 Å². The largest absolute Gasteiger partial charge is 0.467 e. The molecule has 0 spiro atoms. The van der Waals surface area contributed by atoms with Gasteiger partial charge in [0.15, 0.2) is 0 Å². The Hall–Kier alpha value is -1.09.